The highest BCUT2D eigenvalue weighted by Crippen LogP contribution is 2.36. The molecule has 1 aromatic carbocycles. The van der Waals surface area contributed by atoms with Gasteiger partial charge in [0.1, 0.15) is 0 Å². The molecule has 7 nitrogen and oxygen atoms in total. The van der Waals surface area contributed by atoms with Crippen molar-refractivity contribution >= 4 is 30.1 Å². The van der Waals surface area contributed by atoms with E-state index in [0.29, 0.717) is 10.8 Å². The van der Waals surface area contributed by atoms with E-state index in [0.717, 1.165) is 11.0 Å². The number of nitrogens with one attached hydrogen (secondary N) is 1. The molecule has 2 heterocycles. The van der Waals surface area contributed by atoms with E-state index in [1.807, 2.05) is 73.6 Å². The fourth-order valence-electron chi connectivity index (χ4n) is 2.98. The van der Waals surface area contributed by atoms with Crippen LogP contribution in [0.4, 0.5) is 0 Å². The lowest BCUT2D eigenvalue weighted by Gasteiger charge is -2.32. The van der Waals surface area contributed by atoms with Gasteiger partial charge in [-0.1, -0.05) is 49.7 Å². The predicted octanol–water partition coefficient (Wildman–Crippen LogP) is 3.81. The summed E-state index contributed by atoms with van der Waals surface area (Å²) in [7, 11) is -0.499. The van der Waals surface area contributed by atoms with E-state index in [9.17, 15) is 4.79 Å². The molecule has 162 valence electrons. The monoisotopic (exact) mass is 433 g/mol. The van der Waals surface area contributed by atoms with Gasteiger partial charge in [-0.15, -0.1) is 0 Å². The number of halogens is 1. The van der Waals surface area contributed by atoms with Gasteiger partial charge >= 0.3 is 18.9 Å². The SMILES string of the molecule is C[C@@H](NC(=O)c1nc(C(C)(C)C)no1)c1ccc(B2OC(C)(C)C(C)(C)O2)cc1Cl. The standard InChI is InChI=1S/C21H29BClN3O4/c1-12(24-16(27)17-25-18(26-28-17)19(2,3)4)14-10-9-13(11-15(14)23)22-29-20(5,6)21(7,8)30-22/h9-12H,1-8H3,(H,24,27)/t12-/m1/s1. The highest BCUT2D eigenvalue weighted by Gasteiger charge is 2.51. The minimum atomic E-state index is -0.499. The van der Waals surface area contributed by atoms with E-state index < -0.39 is 24.2 Å². The molecule has 0 spiro atoms. The molecule has 1 aliphatic heterocycles. The summed E-state index contributed by atoms with van der Waals surface area (Å²) in [6.07, 6.45) is 0. The van der Waals surface area contributed by atoms with E-state index in [2.05, 4.69) is 15.5 Å². The number of benzene rings is 1. The fraction of sp³-hybridized carbons (Fsp3) is 0.571. The van der Waals surface area contributed by atoms with Crippen molar-refractivity contribution in [2.45, 2.75) is 78.0 Å². The van der Waals surface area contributed by atoms with Crippen LogP contribution >= 0.6 is 11.6 Å². The lowest BCUT2D eigenvalue weighted by atomic mass is 9.78. The molecule has 0 bridgehead atoms. The summed E-state index contributed by atoms with van der Waals surface area (Å²) in [5.41, 5.74) is 0.425. The number of carbonyl (C=O) groups excluding carboxylic acids is 1. The van der Waals surface area contributed by atoms with Gasteiger partial charge in [-0.2, -0.15) is 4.98 Å². The molecule has 1 fully saturated rings. The largest absolute Gasteiger partial charge is 0.494 e. The average molecular weight is 434 g/mol. The van der Waals surface area contributed by atoms with Crippen LogP contribution in [-0.2, 0) is 14.7 Å². The molecule has 0 aliphatic carbocycles. The third-order valence-electron chi connectivity index (χ3n) is 5.66. The predicted molar refractivity (Wildman–Crippen MR) is 116 cm³/mol. The summed E-state index contributed by atoms with van der Waals surface area (Å²) in [4.78, 5) is 16.7. The van der Waals surface area contributed by atoms with Crippen LogP contribution in [0.1, 0.15) is 83.5 Å². The second kappa shape index (κ2) is 7.66. The van der Waals surface area contributed by atoms with Crippen LogP contribution in [0.2, 0.25) is 5.02 Å². The van der Waals surface area contributed by atoms with Gasteiger partial charge in [0, 0.05) is 10.4 Å². The van der Waals surface area contributed by atoms with Crippen molar-refractivity contribution in [3.8, 4) is 0 Å². The Hall–Kier alpha value is -1.90. The maximum Gasteiger partial charge on any atom is 0.494 e. The molecule has 3 rings (SSSR count). The van der Waals surface area contributed by atoms with E-state index in [-0.39, 0.29) is 17.3 Å². The highest BCUT2D eigenvalue weighted by atomic mass is 35.5. The average Bonchev–Trinajstić information content (AvgIpc) is 3.18. The fourth-order valence-corrected chi connectivity index (χ4v) is 3.33. The van der Waals surface area contributed by atoms with Gasteiger partial charge in [-0.3, -0.25) is 4.79 Å². The Morgan fingerprint density at radius 1 is 1.17 bits per heavy atom. The molecule has 1 N–H and O–H groups in total. The van der Waals surface area contributed by atoms with E-state index in [1.165, 1.54) is 0 Å². The van der Waals surface area contributed by atoms with Crippen LogP contribution in [-0.4, -0.2) is 34.4 Å². The van der Waals surface area contributed by atoms with Crippen molar-refractivity contribution in [2.75, 3.05) is 0 Å². The van der Waals surface area contributed by atoms with E-state index >= 15 is 0 Å². The number of nitrogens with zero attached hydrogens (tertiary/aromatic N) is 2. The smallest absolute Gasteiger partial charge is 0.399 e. The molecular weight excluding hydrogens is 405 g/mol. The molecule has 1 aromatic heterocycles. The lowest BCUT2D eigenvalue weighted by molar-refractivity contribution is 0.00578. The van der Waals surface area contributed by atoms with Crippen molar-refractivity contribution in [2.24, 2.45) is 0 Å². The molecule has 30 heavy (non-hydrogen) atoms. The van der Waals surface area contributed by atoms with Crippen molar-refractivity contribution < 1.29 is 18.6 Å². The summed E-state index contributed by atoms with van der Waals surface area (Å²) >= 11 is 6.52. The van der Waals surface area contributed by atoms with Crippen molar-refractivity contribution in [3.05, 3.63) is 40.5 Å². The molecule has 1 amide bonds. The van der Waals surface area contributed by atoms with E-state index in [4.69, 9.17) is 25.4 Å². The first kappa shape index (κ1) is 22.8. The minimum absolute atomic E-state index is 0.0725. The Morgan fingerprint density at radius 3 is 2.27 bits per heavy atom. The molecule has 1 saturated heterocycles. The van der Waals surface area contributed by atoms with Crippen molar-refractivity contribution in [3.63, 3.8) is 0 Å². The van der Waals surface area contributed by atoms with Crippen molar-refractivity contribution in [1.82, 2.24) is 15.5 Å². The number of aromatic nitrogens is 2. The molecule has 2 aromatic rings. The molecule has 9 heteroatoms. The van der Waals surface area contributed by atoms with Gasteiger partial charge in [0.25, 0.3) is 0 Å². The third-order valence-corrected chi connectivity index (χ3v) is 5.98. The number of rotatable bonds is 4. The molecule has 1 aliphatic rings. The second-order valence-corrected chi connectivity index (χ2v) is 10.1. The summed E-state index contributed by atoms with van der Waals surface area (Å²) in [5.74, 6) is -0.0431. The van der Waals surface area contributed by atoms with Gasteiger partial charge in [-0.05, 0) is 51.7 Å². The number of amides is 1. The minimum Gasteiger partial charge on any atom is -0.399 e. The van der Waals surface area contributed by atoms with E-state index in [1.54, 1.807) is 0 Å². The second-order valence-electron chi connectivity index (χ2n) is 9.74. The Balaban J connectivity index is 1.72. The molecule has 0 saturated carbocycles. The molecule has 0 unspecified atom stereocenters. The quantitative estimate of drug-likeness (QED) is 0.738. The van der Waals surface area contributed by atoms with Gasteiger partial charge < -0.3 is 19.1 Å². The summed E-state index contributed by atoms with van der Waals surface area (Å²) in [5, 5.41) is 7.25. The summed E-state index contributed by atoms with van der Waals surface area (Å²) in [6.45, 7) is 15.7. The van der Waals surface area contributed by atoms with Crippen molar-refractivity contribution in [1.29, 1.82) is 0 Å². The van der Waals surface area contributed by atoms with Crippen LogP contribution in [0.3, 0.4) is 0 Å². The normalized spacial score (nSPS) is 19.0. The Morgan fingerprint density at radius 2 is 1.77 bits per heavy atom. The van der Waals surface area contributed by atoms with Crippen LogP contribution in [0.15, 0.2) is 22.7 Å². The van der Waals surface area contributed by atoms with Crippen LogP contribution in [0.5, 0.6) is 0 Å². The maximum atomic E-state index is 12.5. The Kier molecular flexibility index (Phi) is 5.82. The van der Waals surface area contributed by atoms with Gasteiger partial charge in [-0.25, -0.2) is 0 Å². The number of carbonyl (C=O) groups is 1. The summed E-state index contributed by atoms with van der Waals surface area (Å²) in [6, 6.07) is 5.22. The lowest BCUT2D eigenvalue weighted by Crippen LogP contribution is -2.41. The zero-order valence-electron chi connectivity index (χ0n) is 18.8. The number of hydrogen-bond acceptors (Lipinski definition) is 6. The first-order valence-electron chi connectivity index (χ1n) is 10.0. The van der Waals surface area contributed by atoms with Gasteiger partial charge in [0.05, 0.1) is 17.2 Å². The molecule has 1 atom stereocenters. The Labute approximate surface area is 183 Å². The maximum absolute atomic E-state index is 12.5. The van der Waals surface area contributed by atoms with Gasteiger partial charge in [0.2, 0.25) is 0 Å². The molecule has 0 radical (unpaired) electrons. The topological polar surface area (TPSA) is 86.5 Å². The first-order chi connectivity index (χ1) is 13.7. The first-order valence-corrected chi connectivity index (χ1v) is 10.4. The Bertz CT molecular complexity index is 936. The third kappa shape index (κ3) is 4.41. The van der Waals surface area contributed by atoms with Crippen LogP contribution in [0, 0.1) is 0 Å². The van der Waals surface area contributed by atoms with Crippen LogP contribution < -0.4 is 10.8 Å². The van der Waals surface area contributed by atoms with Crippen LogP contribution in [0.25, 0.3) is 0 Å². The zero-order chi connectivity index (χ0) is 22.5. The number of hydrogen-bond donors (Lipinski definition) is 1. The molecular formula is C21H29BClN3O4. The zero-order valence-corrected chi connectivity index (χ0v) is 19.5. The summed E-state index contributed by atoms with van der Waals surface area (Å²) < 4.78 is 17.3. The van der Waals surface area contributed by atoms with Gasteiger partial charge in [0.15, 0.2) is 5.82 Å². The highest BCUT2D eigenvalue weighted by molar-refractivity contribution is 6.62.